The summed E-state index contributed by atoms with van der Waals surface area (Å²) in [6, 6.07) is 20.8. The standard InChI is InChI=1S/C15H15IO/c1-17-15(12-16,13-8-4-2-5-9-13)14-10-6-3-7-11-14/h2-11H,12H2,1H3. The van der Waals surface area contributed by atoms with Crippen LogP contribution in [0.5, 0.6) is 0 Å². The van der Waals surface area contributed by atoms with E-state index in [-0.39, 0.29) is 5.60 Å². The van der Waals surface area contributed by atoms with Gasteiger partial charge >= 0.3 is 0 Å². The molecule has 2 aromatic carbocycles. The molecule has 0 aliphatic heterocycles. The summed E-state index contributed by atoms with van der Waals surface area (Å²) in [6.07, 6.45) is 0. The van der Waals surface area contributed by atoms with Gasteiger partial charge in [0, 0.05) is 11.5 Å². The van der Waals surface area contributed by atoms with E-state index in [1.165, 1.54) is 11.1 Å². The molecule has 2 aromatic rings. The van der Waals surface area contributed by atoms with Crippen LogP contribution in [0.1, 0.15) is 11.1 Å². The van der Waals surface area contributed by atoms with Crippen LogP contribution in [-0.2, 0) is 10.3 Å². The predicted molar refractivity (Wildman–Crippen MR) is 79.6 cm³/mol. The maximum absolute atomic E-state index is 5.85. The normalized spacial score (nSPS) is 11.4. The van der Waals surface area contributed by atoms with Gasteiger partial charge in [-0.2, -0.15) is 0 Å². The molecule has 0 N–H and O–H groups in total. The molecule has 0 saturated carbocycles. The van der Waals surface area contributed by atoms with Crippen molar-refractivity contribution in [2.45, 2.75) is 5.60 Å². The Morgan fingerprint density at radius 2 is 1.29 bits per heavy atom. The Morgan fingerprint density at radius 1 is 0.882 bits per heavy atom. The second-order valence-corrected chi connectivity index (χ2v) is 4.66. The number of hydrogen-bond donors (Lipinski definition) is 0. The lowest BCUT2D eigenvalue weighted by Gasteiger charge is -2.31. The first-order valence-corrected chi connectivity index (χ1v) is 7.08. The van der Waals surface area contributed by atoms with Crippen LogP contribution < -0.4 is 0 Å². The van der Waals surface area contributed by atoms with E-state index < -0.39 is 0 Å². The van der Waals surface area contributed by atoms with Gasteiger partial charge in [0.1, 0.15) is 5.60 Å². The van der Waals surface area contributed by atoms with Gasteiger partial charge in [-0.25, -0.2) is 0 Å². The molecule has 2 rings (SSSR count). The van der Waals surface area contributed by atoms with E-state index in [1.54, 1.807) is 7.11 Å². The van der Waals surface area contributed by atoms with Gasteiger partial charge in [-0.3, -0.25) is 0 Å². The first kappa shape index (κ1) is 12.6. The molecule has 0 aliphatic rings. The lowest BCUT2D eigenvalue weighted by Crippen LogP contribution is -2.31. The third kappa shape index (κ3) is 2.38. The lowest BCUT2D eigenvalue weighted by molar-refractivity contribution is 0.0461. The topological polar surface area (TPSA) is 9.23 Å². The van der Waals surface area contributed by atoms with E-state index >= 15 is 0 Å². The number of halogens is 1. The van der Waals surface area contributed by atoms with Gasteiger partial charge in [0.05, 0.1) is 0 Å². The molecule has 0 atom stereocenters. The number of ether oxygens (including phenoxy) is 1. The highest BCUT2D eigenvalue weighted by Gasteiger charge is 2.32. The maximum Gasteiger partial charge on any atom is 0.127 e. The van der Waals surface area contributed by atoms with Crippen molar-refractivity contribution in [3.63, 3.8) is 0 Å². The highest BCUT2D eigenvalue weighted by molar-refractivity contribution is 14.1. The Balaban J connectivity index is 2.54. The van der Waals surface area contributed by atoms with Gasteiger partial charge in [0.15, 0.2) is 0 Å². The van der Waals surface area contributed by atoms with Crippen molar-refractivity contribution in [1.29, 1.82) is 0 Å². The summed E-state index contributed by atoms with van der Waals surface area (Å²) in [5.41, 5.74) is 2.05. The summed E-state index contributed by atoms with van der Waals surface area (Å²) < 4.78 is 6.74. The fourth-order valence-corrected chi connectivity index (χ4v) is 3.22. The highest BCUT2D eigenvalue weighted by Crippen LogP contribution is 2.34. The Morgan fingerprint density at radius 3 is 1.59 bits per heavy atom. The number of alkyl halides is 1. The van der Waals surface area contributed by atoms with E-state index in [9.17, 15) is 0 Å². The van der Waals surface area contributed by atoms with Gasteiger partial charge in [0.2, 0.25) is 0 Å². The molecule has 88 valence electrons. The van der Waals surface area contributed by atoms with Gasteiger partial charge in [-0.1, -0.05) is 83.3 Å². The molecule has 0 fully saturated rings. The minimum Gasteiger partial charge on any atom is -0.368 e. The van der Waals surface area contributed by atoms with Crippen LogP contribution in [0.15, 0.2) is 60.7 Å². The highest BCUT2D eigenvalue weighted by atomic mass is 127. The first-order chi connectivity index (χ1) is 8.33. The second-order valence-electron chi connectivity index (χ2n) is 3.90. The summed E-state index contributed by atoms with van der Waals surface area (Å²) in [5, 5.41) is 0. The van der Waals surface area contributed by atoms with Gasteiger partial charge in [-0.05, 0) is 11.1 Å². The fourth-order valence-electron chi connectivity index (χ4n) is 2.03. The average Bonchev–Trinajstić information content (AvgIpc) is 2.43. The van der Waals surface area contributed by atoms with Gasteiger partial charge in [-0.15, -0.1) is 0 Å². The summed E-state index contributed by atoms with van der Waals surface area (Å²) in [6.45, 7) is 0. The number of methoxy groups -OCH3 is 1. The van der Waals surface area contributed by atoms with Crippen molar-refractivity contribution >= 4 is 22.6 Å². The van der Waals surface area contributed by atoms with Crippen molar-refractivity contribution in [1.82, 2.24) is 0 Å². The van der Waals surface area contributed by atoms with Crippen LogP contribution in [0.2, 0.25) is 0 Å². The number of rotatable bonds is 4. The Hall–Kier alpha value is -0.870. The monoisotopic (exact) mass is 338 g/mol. The minimum atomic E-state index is -0.344. The Bertz CT molecular complexity index is 407. The smallest absolute Gasteiger partial charge is 0.127 e. The van der Waals surface area contributed by atoms with Crippen molar-refractivity contribution in [3.8, 4) is 0 Å². The van der Waals surface area contributed by atoms with E-state index in [1.807, 2.05) is 12.1 Å². The molecule has 0 unspecified atom stereocenters. The summed E-state index contributed by atoms with van der Waals surface area (Å²) >= 11 is 2.38. The van der Waals surface area contributed by atoms with Crippen molar-refractivity contribution < 1.29 is 4.74 Å². The van der Waals surface area contributed by atoms with Crippen LogP contribution in [0, 0.1) is 0 Å². The molecular formula is C15H15IO. The molecule has 17 heavy (non-hydrogen) atoms. The molecule has 0 saturated heterocycles. The molecular weight excluding hydrogens is 323 g/mol. The molecule has 0 heterocycles. The van der Waals surface area contributed by atoms with Crippen molar-refractivity contribution in [2.24, 2.45) is 0 Å². The second kappa shape index (κ2) is 5.65. The Kier molecular flexibility index (Phi) is 4.18. The van der Waals surface area contributed by atoms with Crippen molar-refractivity contribution in [2.75, 3.05) is 11.5 Å². The van der Waals surface area contributed by atoms with E-state index in [4.69, 9.17) is 4.74 Å². The molecule has 0 radical (unpaired) electrons. The number of benzene rings is 2. The summed E-state index contributed by atoms with van der Waals surface area (Å²) in [5.74, 6) is 0. The predicted octanol–water partition coefficient (Wildman–Crippen LogP) is 4.01. The molecule has 0 spiro atoms. The summed E-state index contributed by atoms with van der Waals surface area (Å²) in [4.78, 5) is 0. The summed E-state index contributed by atoms with van der Waals surface area (Å²) in [7, 11) is 1.78. The quantitative estimate of drug-likeness (QED) is 0.605. The molecule has 0 bridgehead atoms. The van der Waals surface area contributed by atoms with Gasteiger partial charge in [0.25, 0.3) is 0 Å². The van der Waals surface area contributed by atoms with Crippen LogP contribution >= 0.6 is 22.6 Å². The zero-order valence-electron chi connectivity index (χ0n) is 9.77. The van der Waals surface area contributed by atoms with Crippen LogP contribution in [0.4, 0.5) is 0 Å². The Labute approximate surface area is 116 Å². The first-order valence-electron chi connectivity index (χ1n) is 5.55. The van der Waals surface area contributed by atoms with E-state index in [0.29, 0.717) is 0 Å². The van der Waals surface area contributed by atoms with Crippen molar-refractivity contribution in [3.05, 3.63) is 71.8 Å². The lowest BCUT2D eigenvalue weighted by atomic mass is 9.88. The fraction of sp³-hybridized carbons (Fsp3) is 0.200. The molecule has 0 aromatic heterocycles. The number of hydrogen-bond acceptors (Lipinski definition) is 1. The largest absolute Gasteiger partial charge is 0.368 e. The zero-order chi connectivity index (χ0) is 12.1. The van der Waals surface area contributed by atoms with Crippen LogP contribution in [0.3, 0.4) is 0 Å². The molecule has 2 heteroatoms. The van der Waals surface area contributed by atoms with E-state index in [0.717, 1.165) is 4.43 Å². The third-order valence-electron chi connectivity index (χ3n) is 3.02. The zero-order valence-corrected chi connectivity index (χ0v) is 11.9. The molecule has 0 amide bonds. The van der Waals surface area contributed by atoms with Crippen LogP contribution in [0.25, 0.3) is 0 Å². The molecule has 0 aliphatic carbocycles. The molecule has 1 nitrogen and oxygen atoms in total. The SMILES string of the molecule is COC(CI)(c1ccccc1)c1ccccc1. The van der Waals surface area contributed by atoms with E-state index in [2.05, 4.69) is 71.1 Å². The van der Waals surface area contributed by atoms with Gasteiger partial charge < -0.3 is 4.74 Å². The average molecular weight is 338 g/mol. The minimum absolute atomic E-state index is 0.344. The maximum atomic E-state index is 5.85. The van der Waals surface area contributed by atoms with Crippen LogP contribution in [-0.4, -0.2) is 11.5 Å². The third-order valence-corrected chi connectivity index (χ3v) is 4.09.